The zero-order valence-corrected chi connectivity index (χ0v) is 20.6. The molecule has 0 atom stereocenters. The second kappa shape index (κ2) is 11.4. The third-order valence-electron chi connectivity index (χ3n) is 4.31. The Morgan fingerprint density at radius 1 is 0.750 bits per heavy atom. The second-order valence-corrected chi connectivity index (χ2v) is 12.0. The van der Waals surface area contributed by atoms with Crippen LogP contribution in [0.2, 0.25) is 0 Å². The predicted octanol–water partition coefficient (Wildman–Crippen LogP) is 4.42. The quantitative estimate of drug-likeness (QED) is 0.204. The van der Waals surface area contributed by atoms with Crippen LogP contribution < -0.4 is 0 Å². The first-order chi connectivity index (χ1) is 16.9. The molecular weight excluding hydrogens is 543 g/mol. The lowest BCUT2D eigenvalue weighted by atomic mass is 10.2. The van der Waals surface area contributed by atoms with E-state index in [1.54, 1.807) is 16.3 Å². The van der Waals surface area contributed by atoms with E-state index in [9.17, 15) is 34.8 Å². The van der Waals surface area contributed by atoms with Crippen molar-refractivity contribution in [3.63, 3.8) is 0 Å². The molecule has 3 rings (SSSR count). The van der Waals surface area contributed by atoms with Gasteiger partial charge in [0.05, 0.1) is 23.1 Å². The molecule has 192 valence electrons. The Kier molecular flexibility index (Phi) is 8.79. The SMILES string of the molecule is O=C(OCCOS(=O)(=O)[N-]S(=O)(=O)C(F)(F)F)c1ccc([S+](c2ccccc2)c2ccccc2)cc1. The number of carbonyl (C=O) groups is 1. The fourth-order valence-corrected chi connectivity index (χ4v) is 6.62. The largest absolute Gasteiger partial charge is 0.480 e. The minimum atomic E-state index is -6.30. The fourth-order valence-electron chi connectivity index (χ4n) is 2.79. The number of ether oxygens (including phenoxy) is 1. The fraction of sp³-hybridized carbons (Fsp3) is 0.136. The summed E-state index contributed by atoms with van der Waals surface area (Å²) in [6.07, 6.45) is 0. The van der Waals surface area contributed by atoms with Crippen LogP contribution in [0.15, 0.2) is 99.6 Å². The number of benzene rings is 3. The van der Waals surface area contributed by atoms with E-state index < -0.39 is 55.9 Å². The summed E-state index contributed by atoms with van der Waals surface area (Å²) in [6, 6.07) is 26.1. The molecule has 3 aromatic rings. The van der Waals surface area contributed by atoms with Crippen molar-refractivity contribution in [1.82, 2.24) is 0 Å². The Morgan fingerprint density at radius 2 is 1.22 bits per heavy atom. The van der Waals surface area contributed by atoms with Crippen molar-refractivity contribution in [1.29, 1.82) is 0 Å². The molecule has 0 unspecified atom stereocenters. The van der Waals surface area contributed by atoms with Crippen LogP contribution >= 0.6 is 0 Å². The zero-order chi connectivity index (χ0) is 26.4. The smallest absolute Gasteiger partial charge is 0.460 e. The summed E-state index contributed by atoms with van der Waals surface area (Å²) in [6.45, 7) is -1.62. The average molecular weight is 562 g/mol. The van der Waals surface area contributed by atoms with Crippen LogP contribution in [0.5, 0.6) is 0 Å². The van der Waals surface area contributed by atoms with Crippen molar-refractivity contribution in [3.05, 3.63) is 94.6 Å². The van der Waals surface area contributed by atoms with Gasteiger partial charge in [-0.3, -0.25) is 4.18 Å². The standard InChI is InChI=1S/C22H18F3NO7S3/c23-22(24,25)35(28,29)26-36(30,31)33-16-15-32-21(27)17-11-13-20(14-12-17)34(18-7-3-1-4-8-18)19-9-5-2-6-10-19/h1-14H,15-16H2. The van der Waals surface area contributed by atoms with Crippen molar-refractivity contribution >= 4 is 37.2 Å². The van der Waals surface area contributed by atoms with Gasteiger partial charge in [0.1, 0.15) is 6.61 Å². The minimum absolute atomic E-state index is 0.135. The third kappa shape index (κ3) is 7.30. The summed E-state index contributed by atoms with van der Waals surface area (Å²) in [7, 11) is -12.2. The lowest BCUT2D eigenvalue weighted by Crippen LogP contribution is -2.25. The molecule has 0 saturated carbocycles. The molecule has 14 heteroatoms. The van der Waals surface area contributed by atoms with E-state index in [1.807, 2.05) is 60.7 Å². The van der Waals surface area contributed by atoms with Crippen LogP contribution in [0.4, 0.5) is 13.2 Å². The van der Waals surface area contributed by atoms with E-state index in [0.29, 0.717) is 0 Å². The lowest BCUT2D eigenvalue weighted by molar-refractivity contribution is -0.0425. The van der Waals surface area contributed by atoms with Gasteiger partial charge in [-0.05, 0) is 48.5 Å². The third-order valence-corrected chi connectivity index (χ3v) is 9.11. The number of carbonyl (C=O) groups excluding carboxylic acids is 1. The number of hydrogen-bond acceptors (Lipinski definition) is 7. The number of nitrogens with zero attached hydrogens (tertiary/aromatic N) is 1. The highest BCUT2D eigenvalue weighted by Gasteiger charge is 2.40. The van der Waals surface area contributed by atoms with Crippen LogP contribution in [0.3, 0.4) is 0 Å². The Labute approximate surface area is 208 Å². The van der Waals surface area contributed by atoms with Gasteiger partial charge in [-0.1, -0.05) is 36.4 Å². The van der Waals surface area contributed by atoms with Gasteiger partial charge in [0.2, 0.25) is 10.3 Å². The number of alkyl halides is 3. The van der Waals surface area contributed by atoms with Crippen LogP contribution in [-0.2, 0) is 40.1 Å². The summed E-state index contributed by atoms with van der Waals surface area (Å²) in [5, 5.41) is 0. The molecule has 0 aliphatic carbocycles. The summed E-state index contributed by atoms with van der Waals surface area (Å²) in [5.74, 6) is -0.846. The number of halogens is 3. The molecular formula is C22H18F3NO7S3. The highest BCUT2D eigenvalue weighted by Crippen LogP contribution is 2.31. The molecule has 0 aliphatic rings. The zero-order valence-electron chi connectivity index (χ0n) is 18.2. The van der Waals surface area contributed by atoms with E-state index >= 15 is 0 Å². The van der Waals surface area contributed by atoms with Gasteiger partial charge in [0.15, 0.2) is 24.7 Å². The maximum Gasteiger partial charge on any atom is 0.480 e. The van der Waals surface area contributed by atoms with Crippen LogP contribution in [0.1, 0.15) is 10.4 Å². The number of hydrogen-bond donors (Lipinski definition) is 0. The van der Waals surface area contributed by atoms with Gasteiger partial charge in [0.25, 0.3) is 0 Å². The summed E-state index contributed by atoms with van der Waals surface area (Å²) < 4.78 is 91.7. The van der Waals surface area contributed by atoms with Gasteiger partial charge < -0.3 is 8.86 Å². The van der Waals surface area contributed by atoms with Crippen LogP contribution in [0, 0.1) is 0 Å². The number of esters is 1. The second-order valence-electron chi connectivity index (χ2n) is 6.84. The monoisotopic (exact) mass is 561 g/mol. The van der Waals surface area contributed by atoms with Crippen molar-refractivity contribution < 1.29 is 43.7 Å². The predicted molar refractivity (Wildman–Crippen MR) is 125 cm³/mol. The molecule has 0 saturated heterocycles. The number of rotatable bonds is 10. The van der Waals surface area contributed by atoms with Crippen molar-refractivity contribution in [2.75, 3.05) is 13.2 Å². The average Bonchev–Trinajstić information content (AvgIpc) is 2.82. The molecule has 0 radical (unpaired) electrons. The highest BCUT2D eigenvalue weighted by molar-refractivity contribution is 8.10. The van der Waals surface area contributed by atoms with E-state index in [2.05, 4.69) is 4.18 Å². The summed E-state index contributed by atoms with van der Waals surface area (Å²) in [5.41, 5.74) is -5.77. The van der Waals surface area contributed by atoms with Crippen molar-refractivity contribution in [2.24, 2.45) is 0 Å². The molecule has 3 aromatic carbocycles. The maximum atomic E-state index is 12.3. The summed E-state index contributed by atoms with van der Waals surface area (Å²) >= 11 is 0. The molecule has 0 N–H and O–H groups in total. The lowest BCUT2D eigenvalue weighted by Gasteiger charge is -2.21. The van der Waals surface area contributed by atoms with E-state index in [1.165, 1.54) is 12.1 Å². The van der Waals surface area contributed by atoms with E-state index in [4.69, 9.17) is 4.74 Å². The van der Waals surface area contributed by atoms with Crippen molar-refractivity contribution in [2.45, 2.75) is 20.2 Å². The highest BCUT2D eigenvalue weighted by atomic mass is 32.3. The van der Waals surface area contributed by atoms with Gasteiger partial charge in [-0.2, -0.15) is 13.2 Å². The maximum absolute atomic E-state index is 12.3. The molecule has 0 aromatic heterocycles. The van der Waals surface area contributed by atoms with Crippen molar-refractivity contribution in [3.8, 4) is 0 Å². The summed E-state index contributed by atoms with van der Waals surface area (Å²) in [4.78, 5) is 15.3. The first-order valence-electron chi connectivity index (χ1n) is 9.96. The molecule has 0 spiro atoms. The Bertz CT molecular complexity index is 1340. The van der Waals surface area contributed by atoms with Gasteiger partial charge in [0, 0.05) is 0 Å². The Hall–Kier alpha value is -2.91. The van der Waals surface area contributed by atoms with E-state index in [-0.39, 0.29) is 5.56 Å². The molecule has 0 heterocycles. The minimum Gasteiger partial charge on any atom is -0.460 e. The first kappa shape index (κ1) is 27.7. The molecule has 8 nitrogen and oxygen atoms in total. The van der Waals surface area contributed by atoms with Gasteiger partial charge >= 0.3 is 11.5 Å². The topological polar surface area (TPSA) is 118 Å². The Balaban J connectivity index is 1.62. The molecule has 0 fully saturated rings. The molecule has 0 aliphatic heterocycles. The van der Waals surface area contributed by atoms with Gasteiger partial charge in [-0.15, -0.1) is 0 Å². The van der Waals surface area contributed by atoms with Crippen LogP contribution in [-0.4, -0.2) is 41.5 Å². The van der Waals surface area contributed by atoms with E-state index in [0.717, 1.165) is 14.7 Å². The molecule has 36 heavy (non-hydrogen) atoms. The number of sulfonamides is 1. The normalized spacial score (nSPS) is 12.4. The molecule has 0 amide bonds. The Morgan fingerprint density at radius 3 is 1.69 bits per heavy atom. The first-order valence-corrected chi connectivity index (χ1v) is 14.0. The van der Waals surface area contributed by atoms with Gasteiger partial charge in [-0.25, -0.2) is 21.6 Å². The van der Waals surface area contributed by atoms with Crippen LogP contribution in [0.25, 0.3) is 4.13 Å². The molecule has 0 bridgehead atoms.